The van der Waals surface area contributed by atoms with Gasteiger partial charge in [0.05, 0.1) is 0 Å². The maximum atomic E-state index is 5.27. The van der Waals surface area contributed by atoms with E-state index in [-0.39, 0.29) is 0 Å². The summed E-state index contributed by atoms with van der Waals surface area (Å²) in [5.74, 6) is 0.836. The first-order valence-corrected chi connectivity index (χ1v) is 4.24. The van der Waals surface area contributed by atoms with Crippen LogP contribution in [0.2, 0.25) is 0 Å². The minimum atomic E-state index is 0.796. The third-order valence-electron chi connectivity index (χ3n) is 0.604. The predicted molar refractivity (Wildman–Crippen MR) is 49.1 cm³/mol. The molecular weight excluding hydrogens is 174 g/mol. The van der Waals surface area contributed by atoms with Crippen LogP contribution in [0.4, 0.5) is 0 Å². The lowest BCUT2D eigenvalue weighted by Crippen LogP contribution is -2.10. The smallest absolute Gasteiger partial charge is 0.133 e. The minimum Gasteiger partial charge on any atom is -0.374 e. The van der Waals surface area contributed by atoms with Gasteiger partial charge in [-0.1, -0.05) is 41.7 Å². The van der Waals surface area contributed by atoms with Gasteiger partial charge in [-0.05, 0) is 0 Å². The van der Waals surface area contributed by atoms with Gasteiger partial charge in [0, 0.05) is 18.3 Å². The summed E-state index contributed by atoms with van der Waals surface area (Å²) in [6.07, 6.45) is 1.84. The van der Waals surface area contributed by atoms with Crippen LogP contribution in [0.3, 0.4) is 0 Å². The summed E-state index contributed by atoms with van der Waals surface area (Å²) < 4.78 is 0.796. The number of rotatable bonds is 2. The molecular formula is C5H8ClNS2. The van der Waals surface area contributed by atoms with E-state index in [1.807, 2.05) is 6.08 Å². The molecule has 0 spiro atoms. The van der Waals surface area contributed by atoms with Crippen LogP contribution in [-0.2, 0) is 0 Å². The largest absolute Gasteiger partial charge is 0.374 e. The van der Waals surface area contributed by atoms with Gasteiger partial charge in [-0.2, -0.15) is 0 Å². The van der Waals surface area contributed by atoms with Gasteiger partial charge in [0.1, 0.15) is 4.32 Å². The molecule has 0 unspecified atom stereocenters. The van der Waals surface area contributed by atoms with Crippen molar-refractivity contribution in [2.24, 2.45) is 0 Å². The second-order valence-corrected chi connectivity index (χ2v) is 3.16. The molecule has 1 nitrogen and oxygen atoms in total. The third-order valence-corrected chi connectivity index (χ3v) is 2.17. The zero-order valence-corrected chi connectivity index (χ0v) is 7.45. The van der Waals surface area contributed by atoms with E-state index in [9.17, 15) is 0 Å². The van der Waals surface area contributed by atoms with Crippen LogP contribution >= 0.6 is 35.6 Å². The summed E-state index contributed by atoms with van der Waals surface area (Å²) in [5.41, 5.74) is 1.49. The van der Waals surface area contributed by atoms with Gasteiger partial charge in [-0.15, -0.1) is 0 Å². The summed E-state index contributed by atoms with van der Waals surface area (Å²) in [7, 11) is 1.81. The van der Waals surface area contributed by atoms with E-state index in [0.717, 1.165) is 10.1 Å². The van der Waals surface area contributed by atoms with Crippen molar-refractivity contribution >= 4 is 39.9 Å². The standard InChI is InChI=1S/C5H8ClNS2/c1-7-5(8)9-4-2-3-6/h2-3H,4H2,1H3,(H,7,8)/b3-2+. The molecule has 0 amide bonds. The Bertz CT molecular complexity index is 114. The lowest BCUT2D eigenvalue weighted by molar-refractivity contribution is 1.23. The van der Waals surface area contributed by atoms with E-state index in [1.54, 1.807) is 18.8 Å². The normalized spacial score (nSPS) is 10.0. The molecule has 0 aliphatic heterocycles. The van der Waals surface area contributed by atoms with Crippen LogP contribution in [0.1, 0.15) is 0 Å². The highest BCUT2D eigenvalue weighted by atomic mass is 35.5. The molecule has 0 aromatic carbocycles. The highest BCUT2D eigenvalue weighted by Gasteiger charge is 1.87. The molecule has 9 heavy (non-hydrogen) atoms. The molecule has 0 aromatic rings. The molecule has 0 heterocycles. The van der Waals surface area contributed by atoms with Crippen LogP contribution in [0.25, 0.3) is 0 Å². The van der Waals surface area contributed by atoms with E-state index in [4.69, 9.17) is 23.8 Å². The van der Waals surface area contributed by atoms with Crippen molar-refractivity contribution in [3.8, 4) is 0 Å². The van der Waals surface area contributed by atoms with Crippen LogP contribution in [0.15, 0.2) is 11.6 Å². The molecule has 0 aromatic heterocycles. The average Bonchev–Trinajstić information content (AvgIpc) is 1.89. The summed E-state index contributed by atoms with van der Waals surface area (Å²) >= 11 is 11.7. The van der Waals surface area contributed by atoms with Gasteiger partial charge in [0.15, 0.2) is 0 Å². The van der Waals surface area contributed by atoms with Gasteiger partial charge >= 0.3 is 0 Å². The SMILES string of the molecule is CNC(=S)SC/C=C/Cl. The topological polar surface area (TPSA) is 12.0 Å². The van der Waals surface area contributed by atoms with Crippen LogP contribution < -0.4 is 5.32 Å². The first kappa shape index (κ1) is 9.27. The van der Waals surface area contributed by atoms with E-state index < -0.39 is 0 Å². The highest BCUT2D eigenvalue weighted by Crippen LogP contribution is 2.01. The Morgan fingerprint density at radius 2 is 2.56 bits per heavy atom. The maximum Gasteiger partial charge on any atom is 0.133 e. The molecule has 0 bridgehead atoms. The number of hydrogen-bond acceptors (Lipinski definition) is 2. The number of halogens is 1. The fourth-order valence-electron chi connectivity index (χ4n) is 0.232. The molecule has 0 aliphatic rings. The van der Waals surface area contributed by atoms with E-state index >= 15 is 0 Å². The Morgan fingerprint density at radius 3 is 3.00 bits per heavy atom. The number of nitrogens with one attached hydrogen (secondary N) is 1. The fourth-order valence-corrected chi connectivity index (χ4v) is 1.12. The van der Waals surface area contributed by atoms with Gasteiger partial charge < -0.3 is 5.32 Å². The molecule has 1 N–H and O–H groups in total. The molecule has 0 radical (unpaired) electrons. The Balaban J connectivity index is 3.17. The van der Waals surface area contributed by atoms with E-state index in [1.165, 1.54) is 5.54 Å². The Morgan fingerprint density at radius 1 is 1.89 bits per heavy atom. The second-order valence-electron chi connectivity index (χ2n) is 1.21. The van der Waals surface area contributed by atoms with Crippen LogP contribution in [0, 0.1) is 0 Å². The van der Waals surface area contributed by atoms with Gasteiger partial charge in [0.2, 0.25) is 0 Å². The summed E-state index contributed by atoms with van der Waals surface area (Å²) in [6, 6.07) is 0. The van der Waals surface area contributed by atoms with E-state index in [2.05, 4.69) is 5.32 Å². The number of hydrogen-bond donors (Lipinski definition) is 1. The molecule has 0 saturated heterocycles. The molecule has 0 fully saturated rings. The van der Waals surface area contributed by atoms with Crippen molar-refractivity contribution in [2.75, 3.05) is 12.8 Å². The fraction of sp³-hybridized carbons (Fsp3) is 0.400. The van der Waals surface area contributed by atoms with Crippen molar-refractivity contribution in [1.29, 1.82) is 0 Å². The minimum absolute atomic E-state index is 0.796. The molecule has 0 rings (SSSR count). The average molecular weight is 182 g/mol. The van der Waals surface area contributed by atoms with Crippen molar-refractivity contribution in [2.45, 2.75) is 0 Å². The molecule has 0 saturated carbocycles. The Hall–Kier alpha value is 0.270. The van der Waals surface area contributed by atoms with Crippen molar-refractivity contribution in [3.63, 3.8) is 0 Å². The van der Waals surface area contributed by atoms with Crippen LogP contribution in [0.5, 0.6) is 0 Å². The molecule has 0 atom stereocenters. The quantitative estimate of drug-likeness (QED) is 0.655. The zero-order chi connectivity index (χ0) is 7.11. The molecule has 52 valence electrons. The summed E-state index contributed by atoms with van der Waals surface area (Å²) in [4.78, 5) is 0. The predicted octanol–water partition coefficient (Wildman–Crippen LogP) is 1.98. The Labute approximate surface area is 69.8 Å². The first-order chi connectivity index (χ1) is 4.31. The van der Waals surface area contributed by atoms with Crippen LogP contribution in [-0.4, -0.2) is 17.1 Å². The number of thiocarbonyl (C=S) groups is 1. The van der Waals surface area contributed by atoms with Crippen molar-refractivity contribution in [3.05, 3.63) is 11.6 Å². The van der Waals surface area contributed by atoms with Crippen molar-refractivity contribution < 1.29 is 0 Å². The van der Waals surface area contributed by atoms with E-state index in [0.29, 0.717) is 0 Å². The summed E-state index contributed by atoms with van der Waals surface area (Å²) in [5, 5.41) is 2.84. The molecule has 4 heteroatoms. The third kappa shape index (κ3) is 6.15. The maximum absolute atomic E-state index is 5.27. The molecule has 0 aliphatic carbocycles. The van der Waals surface area contributed by atoms with Crippen molar-refractivity contribution in [1.82, 2.24) is 5.32 Å². The number of thioether (sulfide) groups is 1. The first-order valence-electron chi connectivity index (χ1n) is 2.41. The lowest BCUT2D eigenvalue weighted by atomic mass is 10.8. The van der Waals surface area contributed by atoms with Gasteiger partial charge in [0.25, 0.3) is 0 Å². The zero-order valence-electron chi connectivity index (χ0n) is 5.06. The lowest BCUT2D eigenvalue weighted by Gasteiger charge is -1.96. The summed E-state index contributed by atoms with van der Waals surface area (Å²) in [6.45, 7) is 0. The van der Waals surface area contributed by atoms with Gasteiger partial charge in [-0.3, -0.25) is 0 Å². The second kappa shape index (κ2) is 6.39. The monoisotopic (exact) mass is 181 g/mol. The Kier molecular flexibility index (Phi) is 6.58. The van der Waals surface area contributed by atoms with Gasteiger partial charge in [-0.25, -0.2) is 0 Å². The highest BCUT2D eigenvalue weighted by molar-refractivity contribution is 8.23.